The van der Waals surface area contributed by atoms with Crippen LogP contribution in [0.3, 0.4) is 0 Å². The number of carbonyl (C=O) groups excluding carboxylic acids is 1. The van der Waals surface area contributed by atoms with E-state index >= 15 is 0 Å². The molecule has 1 heterocycles. The molecule has 1 aromatic rings. The number of amides is 1. The molecule has 2 rings (SSSR count). The monoisotopic (exact) mass is 489 g/mol. The van der Waals surface area contributed by atoms with Crippen molar-refractivity contribution in [3.8, 4) is 0 Å². The highest BCUT2D eigenvalue weighted by atomic mass is 127. The highest BCUT2D eigenvalue weighted by molar-refractivity contribution is 14.0. The van der Waals surface area contributed by atoms with Gasteiger partial charge < -0.3 is 20.1 Å². The number of guanidine groups is 1. The second kappa shape index (κ2) is 13.0. The Kier molecular flexibility index (Phi) is 11.5. The third kappa shape index (κ3) is 8.53. The zero-order chi connectivity index (χ0) is 18.8. The first kappa shape index (κ1) is 23.8. The van der Waals surface area contributed by atoms with E-state index in [0.29, 0.717) is 25.4 Å². The van der Waals surface area contributed by atoms with Gasteiger partial charge in [0.2, 0.25) is 5.91 Å². The summed E-state index contributed by atoms with van der Waals surface area (Å²) in [6, 6.07) is 4.17. The highest BCUT2D eigenvalue weighted by Crippen LogP contribution is 2.25. The third-order valence-corrected chi connectivity index (χ3v) is 5.04. The van der Waals surface area contributed by atoms with Crippen LogP contribution in [0.25, 0.3) is 0 Å². The smallest absolute Gasteiger partial charge is 0.220 e. The maximum absolute atomic E-state index is 12.1. The molecule has 0 aromatic carbocycles. The van der Waals surface area contributed by atoms with Crippen LogP contribution in [-0.2, 0) is 18.4 Å². The van der Waals surface area contributed by atoms with Gasteiger partial charge >= 0.3 is 0 Å². The van der Waals surface area contributed by atoms with Crippen LogP contribution < -0.4 is 10.6 Å². The van der Waals surface area contributed by atoms with Gasteiger partial charge in [0, 0.05) is 45.5 Å². The van der Waals surface area contributed by atoms with Gasteiger partial charge in [0.1, 0.15) is 0 Å². The summed E-state index contributed by atoms with van der Waals surface area (Å²) in [5.74, 6) is 1.63. The van der Waals surface area contributed by atoms with Crippen molar-refractivity contribution >= 4 is 35.8 Å². The van der Waals surface area contributed by atoms with Crippen LogP contribution in [0.2, 0.25) is 0 Å². The van der Waals surface area contributed by atoms with Crippen LogP contribution in [-0.4, -0.2) is 48.0 Å². The number of nitrogens with one attached hydrogen (secondary N) is 2. The Morgan fingerprint density at radius 1 is 1.30 bits per heavy atom. The number of carbonyl (C=O) groups is 1. The summed E-state index contributed by atoms with van der Waals surface area (Å²) in [5, 5.41) is 6.35. The molecular formula is C20H36IN5O. The summed E-state index contributed by atoms with van der Waals surface area (Å²) in [7, 11) is 4.09. The summed E-state index contributed by atoms with van der Waals surface area (Å²) >= 11 is 0. The molecule has 1 aromatic heterocycles. The average Bonchev–Trinajstić information content (AvgIpc) is 3.03. The first-order chi connectivity index (χ1) is 12.6. The fourth-order valence-electron chi connectivity index (χ4n) is 3.53. The molecule has 1 aliphatic carbocycles. The second-order valence-corrected chi connectivity index (χ2v) is 7.26. The van der Waals surface area contributed by atoms with E-state index in [2.05, 4.69) is 57.4 Å². The molecular weight excluding hydrogens is 453 g/mol. The van der Waals surface area contributed by atoms with Crippen molar-refractivity contribution < 1.29 is 4.79 Å². The SMILES string of the molecule is CCNC(=NCCNC(=O)CC1CCCCC1)N(C)Cc1cccn1C.I. The maximum atomic E-state index is 12.1. The van der Waals surface area contributed by atoms with Gasteiger partial charge in [0.05, 0.1) is 13.1 Å². The summed E-state index contributed by atoms with van der Waals surface area (Å²) in [6.07, 6.45) is 9.03. The number of nitrogens with zero attached hydrogens (tertiary/aromatic N) is 3. The zero-order valence-corrected chi connectivity index (χ0v) is 19.4. The molecule has 2 N–H and O–H groups in total. The number of hydrogen-bond donors (Lipinski definition) is 2. The van der Waals surface area contributed by atoms with Gasteiger partial charge in [-0.25, -0.2) is 0 Å². The van der Waals surface area contributed by atoms with Crippen LogP contribution in [0.15, 0.2) is 23.3 Å². The Balaban J connectivity index is 0.00000364. The fourth-order valence-corrected chi connectivity index (χ4v) is 3.53. The van der Waals surface area contributed by atoms with Crippen LogP contribution in [0.5, 0.6) is 0 Å². The Labute approximate surface area is 181 Å². The second-order valence-electron chi connectivity index (χ2n) is 7.26. The normalized spacial score (nSPS) is 15.1. The minimum atomic E-state index is 0. The summed E-state index contributed by atoms with van der Waals surface area (Å²) in [4.78, 5) is 18.8. The van der Waals surface area contributed by atoms with Crippen molar-refractivity contribution in [1.29, 1.82) is 0 Å². The summed E-state index contributed by atoms with van der Waals surface area (Å²) in [5.41, 5.74) is 1.24. The largest absolute Gasteiger partial charge is 0.357 e. The van der Waals surface area contributed by atoms with Crippen molar-refractivity contribution in [3.63, 3.8) is 0 Å². The van der Waals surface area contributed by atoms with Crippen LogP contribution in [0, 0.1) is 5.92 Å². The van der Waals surface area contributed by atoms with Crippen molar-refractivity contribution in [1.82, 2.24) is 20.1 Å². The van der Waals surface area contributed by atoms with Crippen LogP contribution in [0.4, 0.5) is 0 Å². The molecule has 27 heavy (non-hydrogen) atoms. The van der Waals surface area contributed by atoms with Crippen LogP contribution in [0.1, 0.15) is 51.1 Å². The fraction of sp³-hybridized carbons (Fsp3) is 0.700. The number of aromatic nitrogens is 1. The predicted octanol–water partition coefficient (Wildman–Crippen LogP) is 3.13. The minimum Gasteiger partial charge on any atom is -0.357 e. The minimum absolute atomic E-state index is 0. The van der Waals surface area contributed by atoms with Crippen molar-refractivity contribution in [3.05, 3.63) is 24.0 Å². The number of aliphatic imine (C=N–C) groups is 1. The maximum Gasteiger partial charge on any atom is 0.220 e. The molecule has 7 heteroatoms. The van der Waals surface area contributed by atoms with Gasteiger partial charge in [-0.15, -0.1) is 24.0 Å². The topological polar surface area (TPSA) is 61.7 Å². The van der Waals surface area contributed by atoms with Gasteiger partial charge in [-0.05, 0) is 37.8 Å². The van der Waals surface area contributed by atoms with Crippen molar-refractivity contribution in [2.24, 2.45) is 18.0 Å². The molecule has 6 nitrogen and oxygen atoms in total. The van der Waals surface area contributed by atoms with E-state index in [-0.39, 0.29) is 29.9 Å². The lowest BCUT2D eigenvalue weighted by atomic mass is 9.87. The van der Waals surface area contributed by atoms with Crippen molar-refractivity contribution in [2.75, 3.05) is 26.7 Å². The van der Waals surface area contributed by atoms with E-state index in [1.165, 1.54) is 37.8 Å². The molecule has 0 bridgehead atoms. The van der Waals surface area contributed by atoms with Gasteiger partial charge in [-0.1, -0.05) is 19.3 Å². The lowest BCUT2D eigenvalue weighted by molar-refractivity contribution is -0.122. The van der Waals surface area contributed by atoms with E-state index in [1.807, 2.05) is 7.05 Å². The molecule has 0 saturated heterocycles. The molecule has 0 atom stereocenters. The van der Waals surface area contributed by atoms with E-state index in [4.69, 9.17) is 0 Å². The van der Waals surface area contributed by atoms with E-state index in [1.54, 1.807) is 0 Å². The van der Waals surface area contributed by atoms with E-state index in [9.17, 15) is 4.79 Å². The van der Waals surface area contributed by atoms with Crippen LogP contribution >= 0.6 is 24.0 Å². The molecule has 0 spiro atoms. The zero-order valence-electron chi connectivity index (χ0n) is 17.0. The quantitative estimate of drug-likeness (QED) is 0.255. The van der Waals surface area contributed by atoms with E-state index < -0.39 is 0 Å². The number of rotatable bonds is 8. The Morgan fingerprint density at radius 2 is 2.04 bits per heavy atom. The molecule has 154 valence electrons. The standard InChI is InChI=1S/C20H35N5O.HI/c1-4-21-20(25(3)16-18-11-8-14-24(18)2)23-13-12-22-19(26)15-17-9-6-5-7-10-17;/h8,11,14,17H,4-7,9-10,12-13,15-16H2,1-3H3,(H,21,23)(H,22,26);1H. The first-order valence-electron chi connectivity index (χ1n) is 9.96. The highest BCUT2D eigenvalue weighted by Gasteiger charge is 2.16. The van der Waals surface area contributed by atoms with E-state index in [0.717, 1.165) is 19.0 Å². The van der Waals surface area contributed by atoms with Gasteiger partial charge in [-0.2, -0.15) is 0 Å². The molecule has 1 aliphatic rings. The Hall–Kier alpha value is -1.25. The number of hydrogen-bond acceptors (Lipinski definition) is 2. The molecule has 1 saturated carbocycles. The number of halogens is 1. The molecule has 1 amide bonds. The van der Waals surface area contributed by atoms with Gasteiger partial charge in [0.15, 0.2) is 5.96 Å². The lowest BCUT2D eigenvalue weighted by Gasteiger charge is -2.22. The lowest BCUT2D eigenvalue weighted by Crippen LogP contribution is -2.39. The summed E-state index contributed by atoms with van der Waals surface area (Å²) < 4.78 is 2.12. The molecule has 0 radical (unpaired) electrons. The third-order valence-electron chi connectivity index (χ3n) is 5.04. The molecule has 0 aliphatic heterocycles. The van der Waals surface area contributed by atoms with Crippen molar-refractivity contribution in [2.45, 2.75) is 52.0 Å². The molecule has 0 unspecified atom stereocenters. The number of aryl methyl sites for hydroxylation is 1. The van der Waals surface area contributed by atoms with Gasteiger partial charge in [0.25, 0.3) is 0 Å². The van der Waals surface area contributed by atoms with Gasteiger partial charge in [-0.3, -0.25) is 9.79 Å². The Morgan fingerprint density at radius 3 is 2.67 bits per heavy atom. The Bertz CT molecular complexity index is 581. The predicted molar refractivity (Wildman–Crippen MR) is 122 cm³/mol. The molecule has 1 fully saturated rings. The average molecular weight is 489 g/mol. The summed E-state index contributed by atoms with van der Waals surface area (Å²) in [6.45, 7) is 4.88. The first-order valence-corrected chi connectivity index (χ1v) is 9.96.